The third kappa shape index (κ3) is 2.78. The van der Waals surface area contributed by atoms with Gasteiger partial charge < -0.3 is 15.9 Å². The molecule has 0 aliphatic heterocycles. The second-order valence-corrected chi connectivity index (χ2v) is 1.73. The predicted octanol–water partition coefficient (Wildman–Crippen LogP) is -2.59. The van der Waals surface area contributed by atoms with Crippen LogP contribution in [0.15, 0.2) is 12.7 Å². The lowest BCUT2D eigenvalue weighted by atomic mass is 10.4. The molecule has 0 radical (unpaired) electrons. The standard InChI is InChI=1S/C5H8N2O4/c1-2-3(8)7-5(10,11)4(6)9/h2,10-11H,1H2,(H2,6,9)(H,7,8). The van der Waals surface area contributed by atoms with Crippen LogP contribution in [-0.4, -0.2) is 27.9 Å². The zero-order chi connectivity index (χ0) is 9.07. The molecule has 0 aliphatic rings. The van der Waals surface area contributed by atoms with Crippen molar-refractivity contribution in [3.8, 4) is 0 Å². The third-order valence-corrected chi connectivity index (χ3v) is 0.826. The van der Waals surface area contributed by atoms with Gasteiger partial charge in [0.15, 0.2) is 0 Å². The SMILES string of the molecule is C=CC(=O)NC(O)(O)C(N)=O. The van der Waals surface area contributed by atoms with Crippen LogP contribution in [0.5, 0.6) is 0 Å². The minimum Gasteiger partial charge on any atom is -0.363 e. The van der Waals surface area contributed by atoms with E-state index in [1.54, 1.807) is 0 Å². The minimum absolute atomic E-state index is 0.768. The highest BCUT2D eigenvalue weighted by Crippen LogP contribution is 1.90. The van der Waals surface area contributed by atoms with Gasteiger partial charge in [-0.2, -0.15) is 0 Å². The van der Waals surface area contributed by atoms with Crippen LogP contribution in [0, 0.1) is 0 Å². The second kappa shape index (κ2) is 3.13. The molecular formula is C5H8N2O4. The summed E-state index contributed by atoms with van der Waals surface area (Å²) in [5.74, 6) is -5.38. The monoisotopic (exact) mass is 160 g/mol. The van der Waals surface area contributed by atoms with Crippen LogP contribution >= 0.6 is 0 Å². The summed E-state index contributed by atoms with van der Waals surface area (Å²) in [6, 6.07) is 0. The Morgan fingerprint density at radius 2 is 2.00 bits per heavy atom. The molecule has 62 valence electrons. The topological polar surface area (TPSA) is 113 Å². The first-order valence-electron chi connectivity index (χ1n) is 2.59. The zero-order valence-corrected chi connectivity index (χ0v) is 5.57. The summed E-state index contributed by atoms with van der Waals surface area (Å²) in [6.07, 6.45) is 0.768. The fraction of sp³-hybridized carbons (Fsp3) is 0.200. The summed E-state index contributed by atoms with van der Waals surface area (Å²) in [5.41, 5.74) is 4.49. The van der Waals surface area contributed by atoms with Crippen molar-refractivity contribution in [1.82, 2.24) is 5.32 Å². The van der Waals surface area contributed by atoms with Crippen LogP contribution in [0.1, 0.15) is 0 Å². The highest BCUT2D eigenvalue weighted by molar-refractivity contribution is 5.92. The Kier molecular flexibility index (Phi) is 2.73. The molecule has 0 unspecified atom stereocenters. The fourth-order valence-electron chi connectivity index (χ4n) is 0.284. The molecule has 0 aliphatic carbocycles. The van der Waals surface area contributed by atoms with Gasteiger partial charge in [-0.3, -0.25) is 14.9 Å². The van der Waals surface area contributed by atoms with Gasteiger partial charge in [-0.15, -0.1) is 0 Å². The van der Waals surface area contributed by atoms with Gasteiger partial charge in [-0.1, -0.05) is 6.58 Å². The van der Waals surface area contributed by atoms with Crippen LogP contribution in [0.3, 0.4) is 0 Å². The highest BCUT2D eigenvalue weighted by atomic mass is 16.5. The van der Waals surface area contributed by atoms with Crippen molar-refractivity contribution in [2.45, 2.75) is 5.91 Å². The van der Waals surface area contributed by atoms with Crippen molar-refractivity contribution >= 4 is 11.8 Å². The molecule has 0 atom stereocenters. The molecule has 6 heteroatoms. The van der Waals surface area contributed by atoms with E-state index in [1.807, 2.05) is 0 Å². The normalized spacial score (nSPS) is 10.4. The number of rotatable bonds is 3. The maximum absolute atomic E-state index is 10.4. The molecule has 6 nitrogen and oxygen atoms in total. The Balaban J connectivity index is 4.23. The van der Waals surface area contributed by atoms with E-state index in [2.05, 4.69) is 12.3 Å². The van der Waals surface area contributed by atoms with E-state index in [0.717, 1.165) is 6.08 Å². The summed E-state index contributed by atoms with van der Waals surface area (Å²) in [4.78, 5) is 20.5. The second-order valence-electron chi connectivity index (χ2n) is 1.73. The van der Waals surface area contributed by atoms with Gasteiger partial charge in [0, 0.05) is 0 Å². The molecule has 2 amide bonds. The van der Waals surface area contributed by atoms with E-state index >= 15 is 0 Å². The maximum Gasteiger partial charge on any atom is 0.330 e. The average Bonchev–Trinajstić information content (AvgIpc) is 1.86. The Morgan fingerprint density at radius 1 is 1.55 bits per heavy atom. The lowest BCUT2D eigenvalue weighted by molar-refractivity contribution is -0.195. The van der Waals surface area contributed by atoms with Gasteiger partial charge in [0.1, 0.15) is 0 Å². The van der Waals surface area contributed by atoms with Crippen molar-refractivity contribution < 1.29 is 19.8 Å². The molecule has 0 aromatic heterocycles. The van der Waals surface area contributed by atoms with Crippen LogP contribution in [-0.2, 0) is 9.59 Å². The molecule has 11 heavy (non-hydrogen) atoms. The number of carbonyl (C=O) groups is 2. The summed E-state index contributed by atoms with van der Waals surface area (Å²) in [7, 11) is 0. The molecule has 0 aromatic carbocycles. The summed E-state index contributed by atoms with van der Waals surface area (Å²) in [6.45, 7) is 3.02. The smallest absolute Gasteiger partial charge is 0.330 e. The fourth-order valence-corrected chi connectivity index (χ4v) is 0.284. The van der Waals surface area contributed by atoms with Gasteiger partial charge in [0.2, 0.25) is 5.91 Å². The zero-order valence-electron chi connectivity index (χ0n) is 5.57. The number of primary amides is 1. The summed E-state index contributed by atoms with van der Waals surface area (Å²) >= 11 is 0. The number of carbonyl (C=O) groups excluding carboxylic acids is 2. The summed E-state index contributed by atoms with van der Waals surface area (Å²) in [5, 5.41) is 18.7. The van der Waals surface area contributed by atoms with E-state index in [4.69, 9.17) is 10.2 Å². The molecule has 0 aromatic rings. The van der Waals surface area contributed by atoms with Crippen molar-refractivity contribution in [3.05, 3.63) is 12.7 Å². The summed E-state index contributed by atoms with van der Waals surface area (Å²) < 4.78 is 0. The van der Waals surface area contributed by atoms with Crippen LogP contribution in [0.2, 0.25) is 0 Å². The van der Waals surface area contributed by atoms with Gasteiger partial charge >= 0.3 is 11.8 Å². The van der Waals surface area contributed by atoms with Crippen LogP contribution in [0.25, 0.3) is 0 Å². The van der Waals surface area contributed by atoms with Crippen molar-refractivity contribution in [2.75, 3.05) is 0 Å². The number of amides is 2. The van der Waals surface area contributed by atoms with E-state index < -0.39 is 17.7 Å². The Morgan fingerprint density at radius 3 is 2.27 bits per heavy atom. The third-order valence-electron chi connectivity index (χ3n) is 0.826. The van der Waals surface area contributed by atoms with E-state index in [9.17, 15) is 9.59 Å². The average molecular weight is 160 g/mol. The molecule has 0 saturated heterocycles. The molecule has 0 spiro atoms. The molecule has 0 saturated carbocycles. The quantitative estimate of drug-likeness (QED) is 0.268. The van der Waals surface area contributed by atoms with E-state index in [0.29, 0.717) is 0 Å². The maximum atomic E-state index is 10.4. The first kappa shape index (κ1) is 9.60. The van der Waals surface area contributed by atoms with E-state index in [-0.39, 0.29) is 0 Å². The molecule has 0 rings (SSSR count). The first-order valence-corrected chi connectivity index (χ1v) is 2.59. The number of hydrogen-bond acceptors (Lipinski definition) is 4. The van der Waals surface area contributed by atoms with E-state index in [1.165, 1.54) is 5.32 Å². The highest BCUT2D eigenvalue weighted by Gasteiger charge is 2.31. The molecule has 0 bridgehead atoms. The number of nitrogens with one attached hydrogen (secondary N) is 1. The van der Waals surface area contributed by atoms with Gasteiger partial charge in [-0.05, 0) is 6.08 Å². The lowest BCUT2D eigenvalue weighted by Crippen LogP contribution is -2.57. The predicted molar refractivity (Wildman–Crippen MR) is 34.7 cm³/mol. The number of aliphatic hydroxyl groups is 2. The lowest BCUT2D eigenvalue weighted by Gasteiger charge is -2.16. The van der Waals surface area contributed by atoms with Gasteiger partial charge in [-0.25, -0.2) is 0 Å². The van der Waals surface area contributed by atoms with Crippen molar-refractivity contribution in [3.63, 3.8) is 0 Å². The van der Waals surface area contributed by atoms with Gasteiger partial charge in [0.05, 0.1) is 0 Å². The van der Waals surface area contributed by atoms with Crippen molar-refractivity contribution in [1.29, 1.82) is 0 Å². The largest absolute Gasteiger partial charge is 0.363 e. The minimum atomic E-state index is -3.01. The Hall–Kier alpha value is -1.40. The van der Waals surface area contributed by atoms with Crippen LogP contribution in [0.4, 0.5) is 0 Å². The molecule has 0 heterocycles. The Bertz CT molecular complexity index is 199. The molecular weight excluding hydrogens is 152 g/mol. The van der Waals surface area contributed by atoms with Crippen molar-refractivity contribution in [2.24, 2.45) is 5.73 Å². The molecule has 0 fully saturated rings. The Labute approximate surface area is 62.3 Å². The molecule has 5 N–H and O–H groups in total. The van der Waals surface area contributed by atoms with Crippen LogP contribution < -0.4 is 11.1 Å². The van der Waals surface area contributed by atoms with Gasteiger partial charge in [0.25, 0.3) is 0 Å². The number of nitrogens with two attached hydrogens (primary N) is 1. The first-order chi connectivity index (χ1) is 4.90. The number of hydrogen-bond donors (Lipinski definition) is 4.